The zero-order valence-corrected chi connectivity index (χ0v) is 13.2. The summed E-state index contributed by atoms with van der Waals surface area (Å²) in [6.45, 7) is 2.98. The average molecular weight is 336 g/mol. The van der Waals surface area contributed by atoms with Gasteiger partial charge in [-0.3, -0.25) is 0 Å². The summed E-state index contributed by atoms with van der Waals surface area (Å²) in [6.07, 6.45) is 1.99. The van der Waals surface area contributed by atoms with Gasteiger partial charge in [0.25, 0.3) is 0 Å². The molecule has 0 aliphatic rings. The Morgan fingerprint density at radius 3 is 2.55 bits per heavy atom. The Balaban J connectivity index is 2.10. The molecule has 0 aromatic heterocycles. The Labute approximate surface area is 128 Å². The van der Waals surface area contributed by atoms with Crippen molar-refractivity contribution >= 4 is 15.9 Å². The largest absolute Gasteiger partial charge is 0.310 e. The highest BCUT2D eigenvalue weighted by Crippen LogP contribution is 2.27. The minimum atomic E-state index is -0.209. The predicted molar refractivity (Wildman–Crippen MR) is 85.3 cm³/mol. The fraction of sp³-hybridized carbons (Fsp3) is 0.294. The van der Waals surface area contributed by atoms with Crippen molar-refractivity contribution < 1.29 is 4.39 Å². The molecule has 0 heterocycles. The van der Waals surface area contributed by atoms with Gasteiger partial charge in [-0.25, -0.2) is 4.39 Å². The van der Waals surface area contributed by atoms with E-state index in [0.717, 1.165) is 29.4 Å². The third-order valence-electron chi connectivity index (χ3n) is 3.35. The van der Waals surface area contributed by atoms with Crippen LogP contribution in [-0.4, -0.2) is 6.54 Å². The van der Waals surface area contributed by atoms with Crippen molar-refractivity contribution in [2.24, 2.45) is 0 Å². The van der Waals surface area contributed by atoms with Crippen LogP contribution in [0, 0.1) is 5.82 Å². The predicted octanol–water partition coefficient (Wildman–Crippen LogP) is 4.87. The van der Waals surface area contributed by atoms with E-state index >= 15 is 0 Å². The minimum Gasteiger partial charge on any atom is -0.310 e. The first kappa shape index (κ1) is 15.2. The van der Waals surface area contributed by atoms with E-state index in [1.807, 2.05) is 12.1 Å². The molecular weight excluding hydrogens is 317 g/mol. The van der Waals surface area contributed by atoms with Gasteiger partial charge < -0.3 is 5.32 Å². The second-order valence-electron chi connectivity index (χ2n) is 4.80. The number of hydrogen-bond donors (Lipinski definition) is 1. The van der Waals surface area contributed by atoms with Gasteiger partial charge in [0, 0.05) is 10.5 Å². The van der Waals surface area contributed by atoms with Gasteiger partial charge in [-0.15, -0.1) is 0 Å². The lowest BCUT2D eigenvalue weighted by Gasteiger charge is -2.20. The summed E-state index contributed by atoms with van der Waals surface area (Å²) in [5.74, 6) is -0.209. The van der Waals surface area contributed by atoms with Gasteiger partial charge in [-0.1, -0.05) is 59.3 Å². The highest BCUT2D eigenvalue weighted by atomic mass is 79.9. The van der Waals surface area contributed by atoms with Crippen LogP contribution in [0.4, 0.5) is 4.39 Å². The van der Waals surface area contributed by atoms with Gasteiger partial charge in [0.15, 0.2) is 0 Å². The minimum absolute atomic E-state index is 0.209. The molecule has 0 aliphatic heterocycles. The number of halogens is 2. The fourth-order valence-electron chi connectivity index (χ4n) is 2.35. The van der Waals surface area contributed by atoms with Crippen molar-refractivity contribution in [2.75, 3.05) is 6.54 Å². The van der Waals surface area contributed by atoms with Crippen LogP contribution < -0.4 is 5.32 Å². The quantitative estimate of drug-likeness (QED) is 0.793. The molecular formula is C17H19BrFN. The maximum absolute atomic E-state index is 13.2. The molecule has 1 atom stereocenters. The van der Waals surface area contributed by atoms with E-state index in [1.54, 1.807) is 0 Å². The summed E-state index contributed by atoms with van der Waals surface area (Å²) in [7, 11) is 0. The molecule has 2 rings (SSSR count). The topological polar surface area (TPSA) is 12.0 Å². The first-order valence-electron chi connectivity index (χ1n) is 6.93. The number of rotatable bonds is 6. The monoisotopic (exact) mass is 335 g/mol. The van der Waals surface area contributed by atoms with Gasteiger partial charge in [0.05, 0.1) is 0 Å². The molecule has 0 amide bonds. The Morgan fingerprint density at radius 1 is 1.15 bits per heavy atom. The molecule has 0 radical (unpaired) electrons. The highest BCUT2D eigenvalue weighted by molar-refractivity contribution is 9.10. The smallest absolute Gasteiger partial charge is 0.124 e. The number of aryl methyl sites for hydroxylation is 1. The van der Waals surface area contributed by atoms with E-state index in [1.165, 1.54) is 17.7 Å². The Bertz CT molecular complexity index is 542. The summed E-state index contributed by atoms with van der Waals surface area (Å²) >= 11 is 3.46. The number of nitrogens with one attached hydrogen (secondary N) is 1. The lowest BCUT2D eigenvalue weighted by molar-refractivity contribution is 0.512. The first-order valence-corrected chi connectivity index (χ1v) is 7.72. The zero-order chi connectivity index (χ0) is 14.4. The summed E-state index contributed by atoms with van der Waals surface area (Å²) in [6, 6.07) is 15.6. The molecule has 3 heteroatoms. The highest BCUT2D eigenvalue weighted by Gasteiger charge is 2.14. The lowest BCUT2D eigenvalue weighted by atomic mass is 9.99. The van der Waals surface area contributed by atoms with Crippen molar-refractivity contribution in [1.29, 1.82) is 0 Å². The molecule has 0 spiro atoms. The van der Waals surface area contributed by atoms with Crippen LogP contribution in [0.2, 0.25) is 0 Å². The van der Waals surface area contributed by atoms with Crippen LogP contribution in [0.3, 0.4) is 0 Å². The Morgan fingerprint density at radius 2 is 1.90 bits per heavy atom. The standard InChI is InChI=1S/C17H19BrFN/c1-2-20-17(11-8-13-6-4-3-5-7-13)15-10-9-14(19)12-16(15)18/h3-7,9-10,12,17,20H,2,8,11H2,1H3. The molecule has 1 unspecified atom stereocenters. The number of benzene rings is 2. The zero-order valence-electron chi connectivity index (χ0n) is 11.6. The summed E-state index contributed by atoms with van der Waals surface area (Å²) in [5, 5.41) is 3.48. The van der Waals surface area contributed by atoms with Crippen LogP contribution in [0.15, 0.2) is 53.0 Å². The number of hydrogen-bond acceptors (Lipinski definition) is 1. The van der Waals surface area contributed by atoms with Gasteiger partial charge in [0.1, 0.15) is 5.82 Å². The van der Waals surface area contributed by atoms with E-state index in [2.05, 4.69) is 52.4 Å². The Hall–Kier alpha value is -1.19. The first-order chi connectivity index (χ1) is 9.70. The fourth-order valence-corrected chi connectivity index (χ4v) is 2.98. The molecule has 0 bridgehead atoms. The van der Waals surface area contributed by atoms with E-state index < -0.39 is 0 Å². The van der Waals surface area contributed by atoms with Crippen LogP contribution in [-0.2, 0) is 6.42 Å². The second kappa shape index (κ2) is 7.55. The maximum Gasteiger partial charge on any atom is 0.124 e. The van der Waals surface area contributed by atoms with Gasteiger partial charge in [0.2, 0.25) is 0 Å². The van der Waals surface area contributed by atoms with Crippen LogP contribution in [0.5, 0.6) is 0 Å². The SMILES string of the molecule is CCNC(CCc1ccccc1)c1ccc(F)cc1Br. The molecule has 1 nitrogen and oxygen atoms in total. The Kier molecular flexibility index (Phi) is 5.74. The summed E-state index contributed by atoms with van der Waals surface area (Å²) < 4.78 is 14.0. The lowest BCUT2D eigenvalue weighted by Crippen LogP contribution is -2.22. The third kappa shape index (κ3) is 4.15. The summed E-state index contributed by atoms with van der Waals surface area (Å²) in [5.41, 5.74) is 2.44. The molecule has 1 N–H and O–H groups in total. The molecule has 0 aliphatic carbocycles. The molecule has 106 valence electrons. The van der Waals surface area contributed by atoms with Crippen molar-refractivity contribution in [3.05, 3.63) is 69.9 Å². The summed E-state index contributed by atoms with van der Waals surface area (Å²) in [4.78, 5) is 0. The van der Waals surface area contributed by atoms with Crippen LogP contribution >= 0.6 is 15.9 Å². The molecule has 2 aromatic rings. The maximum atomic E-state index is 13.2. The van der Waals surface area contributed by atoms with E-state index in [4.69, 9.17) is 0 Å². The molecule has 0 fully saturated rings. The van der Waals surface area contributed by atoms with Gasteiger partial charge in [-0.2, -0.15) is 0 Å². The normalized spacial score (nSPS) is 12.3. The molecule has 0 saturated carbocycles. The average Bonchev–Trinajstić information content (AvgIpc) is 2.45. The molecule has 0 saturated heterocycles. The van der Waals surface area contributed by atoms with Gasteiger partial charge in [-0.05, 0) is 42.6 Å². The molecule has 20 heavy (non-hydrogen) atoms. The van der Waals surface area contributed by atoms with Crippen molar-refractivity contribution in [3.8, 4) is 0 Å². The van der Waals surface area contributed by atoms with Gasteiger partial charge >= 0.3 is 0 Å². The van der Waals surface area contributed by atoms with E-state index in [-0.39, 0.29) is 11.9 Å². The van der Waals surface area contributed by atoms with Crippen LogP contribution in [0.1, 0.15) is 30.5 Å². The molecule has 2 aromatic carbocycles. The van der Waals surface area contributed by atoms with Crippen LogP contribution in [0.25, 0.3) is 0 Å². The van der Waals surface area contributed by atoms with E-state index in [0.29, 0.717) is 0 Å². The second-order valence-corrected chi connectivity index (χ2v) is 5.65. The third-order valence-corrected chi connectivity index (χ3v) is 4.04. The van der Waals surface area contributed by atoms with Crippen molar-refractivity contribution in [2.45, 2.75) is 25.8 Å². The van der Waals surface area contributed by atoms with Crippen molar-refractivity contribution in [3.63, 3.8) is 0 Å². The van der Waals surface area contributed by atoms with Crippen molar-refractivity contribution in [1.82, 2.24) is 5.32 Å². The van der Waals surface area contributed by atoms with E-state index in [9.17, 15) is 4.39 Å².